The molecule has 1 aliphatic carbocycles. The molecule has 3 heterocycles. The molecule has 7 heteroatoms. The smallest absolute Gasteiger partial charge is 0.223 e. The Bertz CT molecular complexity index is 973. The van der Waals surface area contributed by atoms with Crippen molar-refractivity contribution in [2.75, 3.05) is 31.1 Å². The van der Waals surface area contributed by atoms with Crippen molar-refractivity contribution >= 4 is 17.2 Å². The van der Waals surface area contributed by atoms with Gasteiger partial charge in [0.25, 0.3) is 0 Å². The Balaban J connectivity index is 1.18. The molecule has 0 spiro atoms. The predicted octanol–water partition coefficient (Wildman–Crippen LogP) is 2.28. The Morgan fingerprint density at radius 3 is 2.57 bits per heavy atom. The fourth-order valence-corrected chi connectivity index (χ4v) is 3.84. The highest BCUT2D eigenvalue weighted by atomic mass is 16.2. The maximum atomic E-state index is 12.5. The van der Waals surface area contributed by atoms with Gasteiger partial charge in [-0.1, -0.05) is 30.3 Å². The summed E-state index contributed by atoms with van der Waals surface area (Å²) in [4.78, 5) is 16.8. The highest BCUT2D eigenvalue weighted by Gasteiger charge is 2.29. The molecule has 2 aromatic heterocycles. The third-order valence-corrected chi connectivity index (χ3v) is 5.68. The van der Waals surface area contributed by atoms with Crippen molar-refractivity contribution in [1.29, 1.82) is 0 Å². The first-order valence-electron chi connectivity index (χ1n) is 10.1. The molecular weight excluding hydrogens is 352 g/mol. The summed E-state index contributed by atoms with van der Waals surface area (Å²) in [6, 6.07) is 12.3. The lowest BCUT2D eigenvalue weighted by molar-refractivity contribution is -0.131. The highest BCUT2D eigenvalue weighted by Crippen LogP contribution is 2.38. The first kappa shape index (κ1) is 17.2. The van der Waals surface area contributed by atoms with Crippen LogP contribution >= 0.6 is 0 Å². The number of aryl methyl sites for hydroxylation is 1. The van der Waals surface area contributed by atoms with Crippen LogP contribution in [0, 0.1) is 0 Å². The minimum absolute atomic E-state index is 0.239. The fraction of sp³-hybridized carbons (Fsp3) is 0.429. The maximum absolute atomic E-state index is 12.5. The first-order chi connectivity index (χ1) is 13.8. The lowest BCUT2D eigenvalue weighted by atomic mass is 10.1. The van der Waals surface area contributed by atoms with Crippen molar-refractivity contribution in [3.05, 3.63) is 54.0 Å². The van der Waals surface area contributed by atoms with Gasteiger partial charge in [0.05, 0.1) is 11.9 Å². The van der Waals surface area contributed by atoms with Gasteiger partial charge in [0.1, 0.15) is 0 Å². The number of carbonyl (C=O) groups excluding carboxylic acids is 1. The van der Waals surface area contributed by atoms with E-state index in [1.54, 1.807) is 0 Å². The van der Waals surface area contributed by atoms with Gasteiger partial charge in [-0.25, -0.2) is 0 Å². The van der Waals surface area contributed by atoms with Crippen molar-refractivity contribution in [1.82, 2.24) is 24.7 Å². The van der Waals surface area contributed by atoms with Gasteiger partial charge in [0, 0.05) is 44.6 Å². The minimum atomic E-state index is 0.239. The lowest BCUT2D eigenvalue weighted by Gasteiger charge is -2.36. The number of piperazine rings is 1. The summed E-state index contributed by atoms with van der Waals surface area (Å²) in [5.74, 6) is 1.75. The molecular formula is C21H24N6O. The number of nitrogens with zero attached hydrogens (tertiary/aromatic N) is 6. The zero-order valence-corrected chi connectivity index (χ0v) is 15.9. The Hall–Kier alpha value is -2.96. The Labute approximate surface area is 164 Å². The van der Waals surface area contributed by atoms with E-state index in [0.29, 0.717) is 12.3 Å². The molecule has 1 aliphatic heterocycles. The van der Waals surface area contributed by atoms with Gasteiger partial charge in [0.2, 0.25) is 5.91 Å². The molecule has 2 fully saturated rings. The minimum Gasteiger partial charge on any atom is -0.367 e. The molecule has 7 nitrogen and oxygen atoms in total. The summed E-state index contributed by atoms with van der Waals surface area (Å²) in [6.07, 6.45) is 5.64. The van der Waals surface area contributed by atoms with E-state index in [-0.39, 0.29) is 5.91 Å². The number of aromatic nitrogens is 4. The van der Waals surface area contributed by atoms with Gasteiger partial charge < -0.3 is 9.80 Å². The van der Waals surface area contributed by atoms with Gasteiger partial charge in [-0.2, -0.15) is 9.61 Å². The van der Waals surface area contributed by atoms with Crippen LogP contribution in [0.3, 0.4) is 0 Å². The van der Waals surface area contributed by atoms with Crippen LogP contribution < -0.4 is 4.90 Å². The van der Waals surface area contributed by atoms with Crippen LogP contribution in [0.2, 0.25) is 0 Å². The van der Waals surface area contributed by atoms with Crippen molar-refractivity contribution in [3.63, 3.8) is 0 Å². The van der Waals surface area contributed by atoms with E-state index in [9.17, 15) is 4.79 Å². The van der Waals surface area contributed by atoms with Crippen molar-refractivity contribution in [2.24, 2.45) is 0 Å². The molecule has 0 unspecified atom stereocenters. The Morgan fingerprint density at radius 1 is 1.04 bits per heavy atom. The second kappa shape index (κ2) is 7.22. The molecule has 28 heavy (non-hydrogen) atoms. The molecule has 2 aliphatic rings. The zero-order chi connectivity index (χ0) is 18.9. The molecule has 0 radical (unpaired) electrons. The summed E-state index contributed by atoms with van der Waals surface area (Å²) >= 11 is 0. The SMILES string of the molecule is O=C(CCc1ccccc1)N1CCN(c2cnn3c(C4CC4)nnc3c2)CC1. The Morgan fingerprint density at radius 2 is 1.82 bits per heavy atom. The topological polar surface area (TPSA) is 66.6 Å². The molecule has 144 valence electrons. The van der Waals surface area contributed by atoms with Crippen molar-refractivity contribution in [2.45, 2.75) is 31.6 Å². The molecule has 1 saturated heterocycles. The van der Waals surface area contributed by atoms with Crippen molar-refractivity contribution in [3.8, 4) is 0 Å². The van der Waals surface area contributed by atoms with Crippen LogP contribution in [-0.4, -0.2) is 56.8 Å². The maximum Gasteiger partial charge on any atom is 0.223 e. The number of amides is 1. The molecule has 1 aromatic carbocycles. The highest BCUT2D eigenvalue weighted by molar-refractivity contribution is 5.76. The van der Waals surface area contributed by atoms with Crippen LogP contribution in [0.25, 0.3) is 5.65 Å². The van der Waals surface area contributed by atoms with Gasteiger partial charge in [-0.05, 0) is 24.8 Å². The average molecular weight is 376 g/mol. The lowest BCUT2D eigenvalue weighted by Crippen LogP contribution is -2.48. The number of anilines is 1. The quantitative estimate of drug-likeness (QED) is 0.683. The third kappa shape index (κ3) is 3.44. The number of fused-ring (bicyclic) bond motifs is 1. The monoisotopic (exact) mass is 376 g/mol. The molecule has 0 N–H and O–H groups in total. The molecule has 0 bridgehead atoms. The second-order valence-electron chi connectivity index (χ2n) is 7.67. The largest absolute Gasteiger partial charge is 0.367 e. The second-order valence-corrected chi connectivity index (χ2v) is 7.67. The molecule has 3 aromatic rings. The molecule has 1 saturated carbocycles. The number of hydrogen-bond acceptors (Lipinski definition) is 5. The van der Waals surface area contributed by atoms with Crippen LogP contribution in [0.1, 0.15) is 36.6 Å². The summed E-state index contributed by atoms with van der Waals surface area (Å²) in [7, 11) is 0. The van der Waals surface area contributed by atoms with Gasteiger partial charge in [-0.3, -0.25) is 4.79 Å². The van der Waals surface area contributed by atoms with Gasteiger partial charge in [0.15, 0.2) is 11.5 Å². The normalized spacial score (nSPS) is 17.3. The summed E-state index contributed by atoms with van der Waals surface area (Å²) in [6.45, 7) is 3.13. The van der Waals surface area contributed by atoms with Crippen LogP contribution in [0.5, 0.6) is 0 Å². The Kier molecular flexibility index (Phi) is 4.43. The molecule has 0 atom stereocenters. The van der Waals surface area contributed by atoms with E-state index in [4.69, 9.17) is 0 Å². The van der Waals surface area contributed by atoms with Gasteiger partial charge in [-0.15, -0.1) is 10.2 Å². The average Bonchev–Trinajstić information content (AvgIpc) is 3.51. The van der Waals surface area contributed by atoms with Gasteiger partial charge >= 0.3 is 0 Å². The van der Waals surface area contributed by atoms with E-state index in [1.807, 2.05) is 33.8 Å². The van der Waals surface area contributed by atoms with E-state index in [2.05, 4.69) is 38.4 Å². The van der Waals surface area contributed by atoms with E-state index in [0.717, 1.165) is 49.8 Å². The van der Waals surface area contributed by atoms with Crippen molar-refractivity contribution < 1.29 is 4.79 Å². The van der Waals surface area contributed by atoms with Crippen LogP contribution in [0.4, 0.5) is 5.69 Å². The van der Waals surface area contributed by atoms with E-state index >= 15 is 0 Å². The van der Waals surface area contributed by atoms with E-state index in [1.165, 1.54) is 18.4 Å². The number of benzene rings is 1. The number of carbonyl (C=O) groups is 1. The number of hydrogen-bond donors (Lipinski definition) is 0. The fourth-order valence-electron chi connectivity index (χ4n) is 3.84. The zero-order valence-electron chi connectivity index (χ0n) is 15.9. The standard InChI is InChI=1S/C21H24N6O/c28-20(9-6-16-4-2-1-3-5-16)26-12-10-25(11-13-26)18-14-19-23-24-21(17-7-8-17)27(19)22-15-18/h1-5,14-15,17H,6-13H2. The van der Waals surface area contributed by atoms with Crippen LogP contribution in [-0.2, 0) is 11.2 Å². The van der Waals surface area contributed by atoms with Crippen LogP contribution in [0.15, 0.2) is 42.6 Å². The number of rotatable bonds is 5. The van der Waals surface area contributed by atoms with E-state index < -0.39 is 0 Å². The summed E-state index contributed by atoms with van der Waals surface area (Å²) in [5.41, 5.74) is 3.08. The molecule has 5 rings (SSSR count). The first-order valence-corrected chi connectivity index (χ1v) is 10.1. The molecule has 1 amide bonds. The summed E-state index contributed by atoms with van der Waals surface area (Å²) in [5, 5.41) is 13.2. The third-order valence-electron chi connectivity index (χ3n) is 5.68. The summed E-state index contributed by atoms with van der Waals surface area (Å²) < 4.78 is 1.87. The predicted molar refractivity (Wildman–Crippen MR) is 106 cm³/mol.